The van der Waals surface area contributed by atoms with E-state index in [1.54, 1.807) is 67.2 Å². The number of methoxy groups -OCH3 is 2. The number of hydrogen-bond donors (Lipinski definition) is 2. The van der Waals surface area contributed by atoms with Crippen LogP contribution in [0.15, 0.2) is 118 Å². The van der Waals surface area contributed by atoms with Gasteiger partial charge in [-0.15, -0.1) is 36.2 Å². The van der Waals surface area contributed by atoms with Gasteiger partial charge in [0.05, 0.1) is 99.5 Å². The molecule has 0 saturated heterocycles. The van der Waals surface area contributed by atoms with Crippen molar-refractivity contribution in [2.75, 3.05) is 53.5 Å². The molecule has 0 bridgehead atoms. The molecule has 0 spiro atoms. The Morgan fingerprint density at radius 1 is 0.595 bits per heavy atom. The van der Waals surface area contributed by atoms with Crippen LogP contribution in [0.1, 0.15) is 114 Å². The van der Waals surface area contributed by atoms with E-state index in [0.717, 1.165) is 59.7 Å². The molecule has 0 heterocycles. The van der Waals surface area contributed by atoms with Gasteiger partial charge in [-0.25, -0.2) is 19.2 Å². The van der Waals surface area contributed by atoms with Gasteiger partial charge in [0.2, 0.25) is 0 Å². The van der Waals surface area contributed by atoms with Gasteiger partial charge in [0.1, 0.15) is 16.7 Å². The topological polar surface area (TPSA) is 323 Å². The second-order valence-corrected chi connectivity index (χ2v) is 19.1. The third-order valence-electron chi connectivity index (χ3n) is 10.8. The maximum atomic E-state index is 12.5. The lowest BCUT2D eigenvalue weighted by atomic mass is 10.1. The van der Waals surface area contributed by atoms with Crippen LogP contribution in [0, 0.1) is 41.7 Å². The van der Waals surface area contributed by atoms with E-state index in [1.807, 2.05) is 48.5 Å². The van der Waals surface area contributed by atoms with Gasteiger partial charge in [-0.1, -0.05) is 24.3 Å². The molecule has 5 aromatic rings. The van der Waals surface area contributed by atoms with Crippen molar-refractivity contribution in [3.63, 3.8) is 0 Å². The second-order valence-electron chi connectivity index (χ2n) is 16.5. The van der Waals surface area contributed by atoms with E-state index in [2.05, 4.69) is 12.6 Å². The van der Waals surface area contributed by atoms with Crippen LogP contribution >= 0.6 is 36.2 Å². The van der Waals surface area contributed by atoms with E-state index >= 15 is 0 Å². The molecule has 458 valence electrons. The van der Waals surface area contributed by atoms with Crippen molar-refractivity contribution >= 4 is 83.1 Å². The molecular formula is C58H74N4O19S3. The smallest absolute Gasteiger partial charge is 0.338 e. The normalized spacial score (nSPS) is 10.7. The molecule has 0 unspecified atom stereocenters. The monoisotopic (exact) mass is 1230 g/mol. The first-order valence-electron chi connectivity index (χ1n) is 27.0. The first-order chi connectivity index (χ1) is 41.1. The molecule has 2 atom stereocenters. The molecule has 0 aliphatic rings. The number of benzene rings is 5. The number of aliphatic hydroxyl groups is 1. The Morgan fingerprint density at radius 2 is 0.952 bits per heavy atom. The number of ether oxygens (including phenoxy) is 7. The van der Waals surface area contributed by atoms with Crippen LogP contribution in [0.25, 0.3) is 0 Å². The van der Waals surface area contributed by atoms with E-state index in [-0.39, 0.29) is 66.5 Å². The molecule has 1 N–H and O–H groups in total. The van der Waals surface area contributed by atoms with Crippen molar-refractivity contribution in [3.8, 4) is 17.6 Å². The Kier molecular flexibility index (Phi) is 35.7. The summed E-state index contributed by atoms with van der Waals surface area (Å²) in [6.45, 7) is 11.0. The van der Waals surface area contributed by atoms with Crippen molar-refractivity contribution in [2.45, 2.75) is 106 Å². The van der Waals surface area contributed by atoms with Gasteiger partial charge < -0.3 is 38.3 Å². The highest BCUT2D eigenvalue weighted by atomic mass is 32.2. The van der Waals surface area contributed by atoms with Gasteiger partial charge in [-0.05, 0) is 151 Å². The number of thioether (sulfide) groups is 2. The third kappa shape index (κ3) is 27.2. The summed E-state index contributed by atoms with van der Waals surface area (Å²) in [4.78, 5) is 90.5. The van der Waals surface area contributed by atoms with E-state index < -0.39 is 56.0 Å². The van der Waals surface area contributed by atoms with Gasteiger partial charge in [0, 0.05) is 29.5 Å². The van der Waals surface area contributed by atoms with E-state index in [0.29, 0.717) is 35.7 Å². The molecule has 84 heavy (non-hydrogen) atoms. The molecule has 0 aliphatic carbocycles. The van der Waals surface area contributed by atoms with E-state index in [4.69, 9.17) is 41.4 Å². The zero-order chi connectivity index (χ0) is 65.1. The molecule has 26 heteroatoms. The Balaban J connectivity index is 0. The van der Waals surface area contributed by atoms with Gasteiger partial charge in [-0.3, -0.25) is 35.1 Å². The minimum atomic E-state index is -1.01. The summed E-state index contributed by atoms with van der Waals surface area (Å²) in [5.74, 6) is -1.11. The number of nitriles is 1. The number of aryl methyl sites for hydroxylation is 2. The standard InChI is InChI=1S/C23H27NO7S.C14H20O4.C10H11NO4S.C9H9NO4S.C2H3N.2H2/c1-4-30-22(25)17-11-14-20(19(15-17)24(27)28)32-21(23(26)31-5-2)8-6-7-16-9-12-18(29-3)13-10-16;1-3-18-14(16)13(15)6-4-5-11-7-9-12(17-2)10-8-11;1-3-15-10(12)7-4-5-9(16-2)8(6-7)11(13)14;1-2-14-9(11)6-3-4-8(15)7(5-6)10(12)13;1-2-3;;/h9-15,21H,4-8H2,1-3H3;7-10,13,15H,3-6H2,1-2H3;4-6H,3H2,1-2H3;3-5,15H,2H2,1H3;1H3;2*1H/t21-;13-;;;;;/m01...../s1/i;;;;;1+2D;1+2. The first-order valence-corrected chi connectivity index (χ1v) is 28.5. The number of aliphatic hydroxyl groups excluding tert-OH is 1. The largest absolute Gasteiger partial charge is 0.497 e. The molecule has 0 amide bonds. The van der Waals surface area contributed by atoms with Crippen molar-refractivity contribution in [1.29, 1.82) is 5.26 Å². The van der Waals surface area contributed by atoms with Crippen LogP contribution in [0.3, 0.4) is 0 Å². The maximum absolute atomic E-state index is 12.5. The fraction of sp³-hybridized carbons (Fsp3) is 0.379. The number of rotatable bonds is 26. The predicted molar refractivity (Wildman–Crippen MR) is 322 cm³/mol. The molecule has 0 aromatic heterocycles. The van der Waals surface area contributed by atoms with Crippen molar-refractivity contribution in [3.05, 3.63) is 161 Å². The number of carbonyl (C=O) groups excluding carboxylic acids is 5. The summed E-state index contributed by atoms with van der Waals surface area (Å²) in [7, 11) is 3.24. The Bertz CT molecular complexity index is 2980. The Hall–Kier alpha value is -8.25. The lowest BCUT2D eigenvalue weighted by Gasteiger charge is -2.16. The summed E-state index contributed by atoms with van der Waals surface area (Å²) in [6, 6.07) is 29.6. The van der Waals surface area contributed by atoms with Crippen molar-refractivity contribution in [2.24, 2.45) is 0 Å². The first kappa shape index (κ1) is 71.9. The molecule has 23 nitrogen and oxygen atoms in total. The van der Waals surface area contributed by atoms with Gasteiger partial charge in [-0.2, -0.15) is 5.26 Å². The molecule has 0 fully saturated rings. The average Bonchev–Trinajstić information content (AvgIpc) is 2.60. The molecule has 0 saturated carbocycles. The zero-order valence-electron chi connectivity index (χ0n) is 50.1. The van der Waals surface area contributed by atoms with E-state index in [9.17, 15) is 59.4 Å². The fourth-order valence-corrected chi connectivity index (χ4v) is 8.76. The number of nitrogens with zero attached hydrogens (tertiary/aromatic N) is 4. The molecule has 5 aromatic carbocycles. The summed E-state index contributed by atoms with van der Waals surface area (Å²) in [6.07, 6.45) is 4.63. The van der Waals surface area contributed by atoms with Crippen molar-refractivity contribution < 1.29 is 81.4 Å². The quantitative estimate of drug-likeness (QED) is 0.0130. The van der Waals surface area contributed by atoms with Gasteiger partial charge in [0.15, 0.2) is 6.10 Å². The predicted octanol–water partition coefficient (Wildman–Crippen LogP) is 12.3. The minimum absolute atomic E-state index is 0. The fourth-order valence-electron chi connectivity index (χ4n) is 6.83. The molecule has 5 rings (SSSR count). The van der Waals surface area contributed by atoms with Crippen LogP contribution in [0.5, 0.6) is 11.5 Å². The minimum Gasteiger partial charge on any atom is -0.497 e. The number of esters is 5. The lowest BCUT2D eigenvalue weighted by molar-refractivity contribution is -0.387. The SMILES string of the molecule is CC#N.CCOC(=O)[C@H](O)CCCc1ccc(OC)cc1.CCOC(=O)c1ccc(S)c([N+](=O)[O-])c1.CCOC(=O)c1ccc(SC)c([N+](=O)[O-])c1.CCOC(=O)c1ccc(S[C@@H](CCCc2ccc(OC)cc2)C(=O)OCC)c([N+](=O)[O-])c1.[2H][3H].[3HH]. The van der Waals surface area contributed by atoms with Crippen LogP contribution in [0.4, 0.5) is 17.1 Å². The maximum Gasteiger partial charge on any atom is 0.338 e. The van der Waals surface area contributed by atoms with Gasteiger partial charge in [0.25, 0.3) is 17.1 Å². The summed E-state index contributed by atoms with van der Waals surface area (Å²) < 4.78 is 44.5. The van der Waals surface area contributed by atoms with E-state index in [1.165, 1.54) is 61.2 Å². The zero-order valence-corrected chi connectivity index (χ0v) is 50.6. The lowest BCUT2D eigenvalue weighted by Crippen LogP contribution is -2.23. The number of hydrogen-bond acceptors (Lipinski definition) is 23. The molecule has 0 radical (unpaired) electrons. The van der Waals surface area contributed by atoms with Crippen LogP contribution < -0.4 is 9.47 Å². The highest BCUT2D eigenvalue weighted by molar-refractivity contribution is 8.00. The van der Waals surface area contributed by atoms with Crippen LogP contribution in [0.2, 0.25) is 0 Å². The molecular weight excluding hydrogens is 1150 g/mol. The van der Waals surface area contributed by atoms with Crippen molar-refractivity contribution in [1.82, 2.24) is 0 Å². The summed E-state index contributed by atoms with van der Waals surface area (Å²) in [5.41, 5.74) is 2.18. The second kappa shape index (κ2) is 41.7. The average molecular weight is 1230 g/mol. The van der Waals surface area contributed by atoms with Crippen LogP contribution in [-0.2, 0) is 46.1 Å². The Morgan fingerprint density at radius 3 is 1.33 bits per heavy atom. The number of thiol groups is 1. The molecule has 0 aliphatic heterocycles. The summed E-state index contributed by atoms with van der Waals surface area (Å²) in [5, 5.41) is 49.1. The number of nitro groups is 3. The third-order valence-corrected chi connectivity index (χ3v) is 13.3. The van der Waals surface area contributed by atoms with Crippen LogP contribution in [-0.4, -0.2) is 115 Å². The highest BCUT2D eigenvalue weighted by Crippen LogP contribution is 2.36. The number of nitro benzene ring substituents is 3. The summed E-state index contributed by atoms with van der Waals surface area (Å²) >= 11 is 6.25. The number of carbonyl (C=O) groups is 5. The van der Waals surface area contributed by atoms with Gasteiger partial charge >= 0.3 is 29.8 Å². The Labute approximate surface area is 506 Å². The highest BCUT2D eigenvalue weighted by Gasteiger charge is 2.27.